The van der Waals surface area contributed by atoms with Crippen LogP contribution in [0.25, 0.3) is 17.1 Å². The molecule has 2 aromatic heterocycles. The summed E-state index contributed by atoms with van der Waals surface area (Å²) < 4.78 is 20.4. The van der Waals surface area contributed by atoms with Crippen LogP contribution in [0.15, 0.2) is 76.8 Å². The van der Waals surface area contributed by atoms with Crippen molar-refractivity contribution in [2.24, 2.45) is 0 Å². The number of rotatable bonds is 5. The molecule has 25 heavy (non-hydrogen) atoms. The van der Waals surface area contributed by atoms with E-state index in [1.807, 2.05) is 34.9 Å². The standard InChI is InChI=1S/C18H13FN4OS/c19-14-8-6-13(7-9-14)17-21-15(10-24-17)11-25-18-22-20-12-23(18)16-4-2-1-3-5-16/h1-10,12H,11H2. The molecule has 0 aliphatic heterocycles. The molecule has 0 bridgehead atoms. The Morgan fingerprint density at radius 1 is 1.04 bits per heavy atom. The first-order chi connectivity index (χ1) is 12.3. The third-order valence-electron chi connectivity index (χ3n) is 3.54. The highest BCUT2D eigenvalue weighted by Gasteiger charge is 2.11. The summed E-state index contributed by atoms with van der Waals surface area (Å²) in [6, 6.07) is 16.0. The van der Waals surface area contributed by atoms with E-state index < -0.39 is 0 Å². The second kappa shape index (κ2) is 6.90. The maximum atomic E-state index is 13.0. The average Bonchev–Trinajstić information content (AvgIpc) is 3.31. The first-order valence-corrected chi connectivity index (χ1v) is 8.57. The largest absolute Gasteiger partial charge is 0.444 e. The van der Waals surface area contributed by atoms with Crippen molar-refractivity contribution in [1.82, 2.24) is 19.7 Å². The van der Waals surface area contributed by atoms with E-state index in [0.29, 0.717) is 11.6 Å². The van der Waals surface area contributed by atoms with E-state index in [4.69, 9.17) is 4.42 Å². The molecule has 0 spiro atoms. The first kappa shape index (κ1) is 15.6. The van der Waals surface area contributed by atoms with Gasteiger partial charge in [0.25, 0.3) is 0 Å². The number of hydrogen-bond acceptors (Lipinski definition) is 5. The Morgan fingerprint density at radius 3 is 2.64 bits per heavy atom. The number of benzene rings is 2. The van der Waals surface area contributed by atoms with Crippen LogP contribution in [0.5, 0.6) is 0 Å². The van der Waals surface area contributed by atoms with Crippen LogP contribution in [-0.2, 0) is 5.75 Å². The minimum atomic E-state index is -0.286. The zero-order chi connectivity index (χ0) is 17.1. The molecular weight excluding hydrogens is 339 g/mol. The fraction of sp³-hybridized carbons (Fsp3) is 0.0556. The maximum absolute atomic E-state index is 13.0. The third kappa shape index (κ3) is 3.46. The Hall–Kier alpha value is -2.93. The van der Waals surface area contributed by atoms with E-state index >= 15 is 0 Å². The third-order valence-corrected chi connectivity index (χ3v) is 4.52. The highest BCUT2D eigenvalue weighted by molar-refractivity contribution is 7.98. The van der Waals surface area contributed by atoms with E-state index in [-0.39, 0.29) is 5.82 Å². The Balaban J connectivity index is 1.48. The zero-order valence-corrected chi connectivity index (χ0v) is 13.9. The van der Waals surface area contributed by atoms with Gasteiger partial charge in [0, 0.05) is 17.0 Å². The lowest BCUT2D eigenvalue weighted by molar-refractivity contribution is 0.573. The van der Waals surface area contributed by atoms with Gasteiger partial charge in [-0.15, -0.1) is 10.2 Å². The molecule has 4 rings (SSSR count). The number of thioether (sulfide) groups is 1. The van der Waals surface area contributed by atoms with Gasteiger partial charge in [0.15, 0.2) is 5.16 Å². The molecule has 0 aliphatic rings. The van der Waals surface area contributed by atoms with Gasteiger partial charge < -0.3 is 4.42 Å². The fourth-order valence-electron chi connectivity index (χ4n) is 2.33. The number of aromatic nitrogens is 4. The molecule has 124 valence electrons. The van der Waals surface area contributed by atoms with Crippen LogP contribution in [0.3, 0.4) is 0 Å². The molecule has 0 unspecified atom stereocenters. The Bertz CT molecular complexity index is 966. The van der Waals surface area contributed by atoms with Gasteiger partial charge in [0.2, 0.25) is 5.89 Å². The Labute approximate surface area is 147 Å². The first-order valence-electron chi connectivity index (χ1n) is 7.58. The minimum absolute atomic E-state index is 0.286. The number of hydrogen-bond donors (Lipinski definition) is 0. The highest BCUT2D eigenvalue weighted by atomic mass is 32.2. The summed E-state index contributed by atoms with van der Waals surface area (Å²) in [5.74, 6) is 0.780. The van der Waals surface area contributed by atoms with Crippen LogP contribution in [0.1, 0.15) is 5.69 Å². The molecular formula is C18H13FN4OS. The quantitative estimate of drug-likeness (QED) is 0.500. The molecule has 0 atom stereocenters. The number of nitrogens with zero attached hydrogens (tertiary/aromatic N) is 4. The van der Waals surface area contributed by atoms with Gasteiger partial charge in [0.05, 0.1) is 5.69 Å². The molecule has 0 N–H and O–H groups in total. The van der Waals surface area contributed by atoms with E-state index in [9.17, 15) is 4.39 Å². The SMILES string of the molecule is Fc1ccc(-c2nc(CSc3nncn3-c3ccccc3)co2)cc1. The molecule has 2 aromatic carbocycles. The van der Waals surface area contributed by atoms with Crippen molar-refractivity contribution < 1.29 is 8.81 Å². The van der Waals surface area contributed by atoms with Crippen LogP contribution in [0, 0.1) is 5.82 Å². The van der Waals surface area contributed by atoms with Gasteiger partial charge in [-0.2, -0.15) is 0 Å². The smallest absolute Gasteiger partial charge is 0.226 e. The fourth-order valence-corrected chi connectivity index (χ4v) is 3.13. The second-order valence-corrected chi connectivity index (χ2v) is 6.20. The van der Waals surface area contributed by atoms with Crippen molar-refractivity contribution >= 4 is 11.8 Å². The van der Waals surface area contributed by atoms with Crippen molar-refractivity contribution in [3.8, 4) is 17.1 Å². The molecule has 5 nitrogen and oxygen atoms in total. The monoisotopic (exact) mass is 352 g/mol. The highest BCUT2D eigenvalue weighted by Crippen LogP contribution is 2.25. The van der Waals surface area contributed by atoms with Crippen LogP contribution in [-0.4, -0.2) is 19.7 Å². The molecule has 2 heterocycles. The second-order valence-electron chi connectivity index (χ2n) is 5.26. The normalized spacial score (nSPS) is 10.9. The lowest BCUT2D eigenvalue weighted by atomic mass is 10.2. The molecule has 4 aromatic rings. The predicted octanol–water partition coefficient (Wildman–Crippen LogP) is 4.35. The van der Waals surface area contributed by atoms with Gasteiger partial charge in [0.1, 0.15) is 18.4 Å². The number of halogens is 1. The van der Waals surface area contributed by atoms with Crippen molar-refractivity contribution in [2.45, 2.75) is 10.9 Å². The van der Waals surface area contributed by atoms with Crippen LogP contribution < -0.4 is 0 Å². The van der Waals surface area contributed by atoms with Crippen LogP contribution >= 0.6 is 11.8 Å². The summed E-state index contributed by atoms with van der Waals surface area (Å²) in [5, 5.41) is 8.92. The number of oxazole rings is 1. The Kier molecular flexibility index (Phi) is 4.30. The lowest BCUT2D eigenvalue weighted by Gasteiger charge is -2.04. The Morgan fingerprint density at radius 2 is 1.84 bits per heavy atom. The predicted molar refractivity (Wildman–Crippen MR) is 92.8 cm³/mol. The van der Waals surface area contributed by atoms with Crippen LogP contribution in [0.4, 0.5) is 4.39 Å². The molecule has 0 radical (unpaired) electrons. The van der Waals surface area contributed by atoms with E-state index in [0.717, 1.165) is 22.1 Å². The summed E-state index contributed by atoms with van der Waals surface area (Å²) in [6.07, 6.45) is 3.29. The van der Waals surface area contributed by atoms with Crippen molar-refractivity contribution in [2.75, 3.05) is 0 Å². The molecule has 7 heteroatoms. The molecule has 0 saturated carbocycles. The molecule has 0 aliphatic carbocycles. The molecule has 0 amide bonds. The average molecular weight is 352 g/mol. The summed E-state index contributed by atoms with van der Waals surface area (Å²) in [7, 11) is 0. The zero-order valence-electron chi connectivity index (χ0n) is 13.0. The minimum Gasteiger partial charge on any atom is -0.444 e. The lowest BCUT2D eigenvalue weighted by Crippen LogP contribution is -1.95. The van der Waals surface area contributed by atoms with Crippen molar-refractivity contribution in [3.05, 3.63) is 78.7 Å². The van der Waals surface area contributed by atoms with E-state index in [1.54, 1.807) is 24.7 Å². The molecule has 0 saturated heterocycles. The topological polar surface area (TPSA) is 56.7 Å². The van der Waals surface area contributed by atoms with Crippen LogP contribution in [0.2, 0.25) is 0 Å². The van der Waals surface area contributed by atoms with E-state index in [2.05, 4.69) is 15.2 Å². The van der Waals surface area contributed by atoms with Gasteiger partial charge in [-0.05, 0) is 36.4 Å². The van der Waals surface area contributed by atoms with E-state index in [1.165, 1.54) is 23.9 Å². The van der Waals surface area contributed by atoms with Crippen molar-refractivity contribution in [3.63, 3.8) is 0 Å². The summed E-state index contributed by atoms with van der Waals surface area (Å²) in [5.41, 5.74) is 2.53. The summed E-state index contributed by atoms with van der Waals surface area (Å²) in [4.78, 5) is 4.44. The van der Waals surface area contributed by atoms with Gasteiger partial charge in [-0.1, -0.05) is 30.0 Å². The summed E-state index contributed by atoms with van der Waals surface area (Å²) >= 11 is 1.52. The van der Waals surface area contributed by atoms with Gasteiger partial charge in [-0.3, -0.25) is 4.57 Å². The summed E-state index contributed by atoms with van der Waals surface area (Å²) in [6.45, 7) is 0. The van der Waals surface area contributed by atoms with Gasteiger partial charge in [-0.25, -0.2) is 9.37 Å². The van der Waals surface area contributed by atoms with Crippen molar-refractivity contribution in [1.29, 1.82) is 0 Å². The van der Waals surface area contributed by atoms with Gasteiger partial charge >= 0.3 is 0 Å². The molecule has 0 fully saturated rings. The maximum Gasteiger partial charge on any atom is 0.226 e. The number of para-hydroxylation sites is 1.